The molecule has 0 amide bonds. The summed E-state index contributed by atoms with van der Waals surface area (Å²) in [7, 11) is -4.28. The number of allylic oxidation sites excluding steroid dienone is 8. The molecule has 0 aromatic heterocycles. The molecule has 0 bridgehead atoms. The highest BCUT2D eigenvalue weighted by Crippen LogP contribution is 2.43. The summed E-state index contributed by atoms with van der Waals surface area (Å²) in [5, 5.41) is 0. The van der Waals surface area contributed by atoms with E-state index in [0.717, 1.165) is 44.9 Å². The lowest BCUT2D eigenvalue weighted by Crippen LogP contribution is -2.28. The molecule has 0 spiro atoms. The van der Waals surface area contributed by atoms with E-state index >= 15 is 0 Å². The first kappa shape index (κ1) is 58.5. The minimum Gasteiger partial charge on any atom is -0.457 e. The van der Waals surface area contributed by atoms with Crippen molar-refractivity contribution in [1.82, 2.24) is 0 Å². The monoisotopic (exact) mass is 866 g/mol. The maximum atomic E-state index is 12.7. The summed E-state index contributed by atoms with van der Waals surface area (Å²) >= 11 is 0. The second-order valence-electron chi connectivity index (χ2n) is 16.7. The Bertz CT molecular complexity index is 1060. The summed E-state index contributed by atoms with van der Waals surface area (Å²) < 4.78 is 33.6. The van der Waals surface area contributed by atoms with Crippen LogP contribution in [0.25, 0.3) is 0 Å². The Labute approximate surface area is 371 Å². The van der Waals surface area contributed by atoms with Crippen LogP contribution in [-0.4, -0.2) is 49.9 Å². The Kier molecular flexibility index (Phi) is 47.2. The molecule has 352 valence electrons. The number of hydrogen-bond donors (Lipinski definition) is 2. The zero-order chi connectivity index (χ0) is 43.7. The molecule has 0 aliphatic carbocycles. The Morgan fingerprint density at radius 3 is 1.33 bits per heavy atom. The predicted molar refractivity (Wildman–Crippen MR) is 256 cm³/mol. The third-order valence-electron chi connectivity index (χ3n) is 10.7. The average Bonchev–Trinajstić information content (AvgIpc) is 3.24. The van der Waals surface area contributed by atoms with Crippen LogP contribution in [0.3, 0.4) is 0 Å². The van der Waals surface area contributed by atoms with Crippen molar-refractivity contribution in [1.29, 1.82) is 0 Å². The van der Waals surface area contributed by atoms with Crippen LogP contribution in [0.15, 0.2) is 48.6 Å². The molecule has 0 rings (SSSR count). The molecular formula is C51H96NO7P. The maximum absolute atomic E-state index is 12.7. The average molecular weight is 866 g/mol. The van der Waals surface area contributed by atoms with Crippen LogP contribution in [0, 0.1) is 0 Å². The van der Waals surface area contributed by atoms with Gasteiger partial charge in [-0.1, -0.05) is 197 Å². The number of phosphoric acid groups is 1. The van der Waals surface area contributed by atoms with Crippen molar-refractivity contribution < 1.29 is 32.8 Å². The molecule has 2 unspecified atom stereocenters. The SMILES string of the molecule is CCCCC/C=C\C/C=C\CCCCCCCCCCOCC(COP(=O)(O)OCCN)OC(=O)CCCCCCCCCCCCC/C=C\C/C=C\CCCCCCC. The van der Waals surface area contributed by atoms with Crippen molar-refractivity contribution in [2.75, 3.05) is 33.0 Å². The van der Waals surface area contributed by atoms with Gasteiger partial charge in [-0.2, -0.15) is 0 Å². The number of esters is 1. The van der Waals surface area contributed by atoms with E-state index in [1.54, 1.807) is 0 Å². The van der Waals surface area contributed by atoms with E-state index in [9.17, 15) is 14.3 Å². The molecule has 8 nitrogen and oxygen atoms in total. The van der Waals surface area contributed by atoms with Crippen molar-refractivity contribution in [2.24, 2.45) is 5.73 Å². The summed E-state index contributed by atoms with van der Waals surface area (Å²) in [5.74, 6) is -0.333. The number of ether oxygens (including phenoxy) is 2. The van der Waals surface area contributed by atoms with Crippen LogP contribution < -0.4 is 5.73 Å². The molecule has 3 N–H and O–H groups in total. The zero-order valence-corrected chi connectivity index (χ0v) is 40.1. The Balaban J connectivity index is 3.96. The standard InChI is InChI=1S/C51H96NO7P/c1-3-5-7-9-11-13-15-17-19-21-23-24-25-26-27-28-30-32-34-36-38-40-42-44-51(53)59-50(49-58-60(54,55)57-47-45-52)48-56-46-43-41-39-37-35-33-31-29-22-20-18-16-14-12-10-8-6-4-2/h12,14-15,17-18,20-21,23,50H,3-11,13,16,19,22,24-49,52H2,1-2H3,(H,54,55)/b14-12-,17-15-,20-18-,23-21-. The van der Waals surface area contributed by atoms with E-state index < -0.39 is 13.9 Å². The Hall–Kier alpha value is -1.54. The van der Waals surface area contributed by atoms with Crippen molar-refractivity contribution in [3.8, 4) is 0 Å². The molecule has 0 fully saturated rings. The van der Waals surface area contributed by atoms with Gasteiger partial charge in [0.25, 0.3) is 0 Å². The summed E-state index contributed by atoms with van der Waals surface area (Å²) in [5.41, 5.74) is 5.39. The molecule has 0 aromatic carbocycles. The minimum absolute atomic E-state index is 0.0978. The van der Waals surface area contributed by atoms with Gasteiger partial charge in [0.1, 0.15) is 6.10 Å². The van der Waals surface area contributed by atoms with Gasteiger partial charge in [-0.3, -0.25) is 13.8 Å². The molecule has 2 atom stereocenters. The van der Waals surface area contributed by atoms with E-state index in [2.05, 4.69) is 62.5 Å². The van der Waals surface area contributed by atoms with Crippen molar-refractivity contribution in [2.45, 2.75) is 238 Å². The molecule has 0 saturated carbocycles. The fraction of sp³-hybridized carbons (Fsp3) is 0.824. The summed E-state index contributed by atoms with van der Waals surface area (Å²) in [4.78, 5) is 22.6. The highest BCUT2D eigenvalue weighted by atomic mass is 31.2. The van der Waals surface area contributed by atoms with Gasteiger partial charge in [-0.05, 0) is 77.0 Å². The summed E-state index contributed by atoms with van der Waals surface area (Å²) in [6, 6.07) is 0. The van der Waals surface area contributed by atoms with E-state index in [4.69, 9.17) is 24.3 Å². The first-order valence-electron chi connectivity index (χ1n) is 25.1. The van der Waals surface area contributed by atoms with Crippen molar-refractivity contribution >= 4 is 13.8 Å². The number of carbonyl (C=O) groups excluding carboxylic acids is 1. The second-order valence-corrected chi connectivity index (χ2v) is 18.1. The topological polar surface area (TPSA) is 117 Å². The molecule has 0 saturated heterocycles. The smallest absolute Gasteiger partial charge is 0.457 e. The first-order chi connectivity index (χ1) is 29.4. The van der Waals surface area contributed by atoms with E-state index in [1.807, 2.05) is 0 Å². The predicted octanol–water partition coefficient (Wildman–Crippen LogP) is 15.5. The molecular weight excluding hydrogens is 770 g/mol. The number of nitrogens with two attached hydrogens (primary N) is 1. The van der Waals surface area contributed by atoms with Gasteiger partial charge in [0, 0.05) is 19.6 Å². The van der Waals surface area contributed by atoms with Crippen LogP contribution in [0.2, 0.25) is 0 Å². The molecule has 0 aliphatic heterocycles. The molecule has 0 heterocycles. The number of carbonyl (C=O) groups is 1. The van der Waals surface area contributed by atoms with Crippen LogP contribution in [0.5, 0.6) is 0 Å². The molecule has 0 aliphatic rings. The zero-order valence-electron chi connectivity index (χ0n) is 39.2. The van der Waals surface area contributed by atoms with Gasteiger partial charge >= 0.3 is 13.8 Å². The lowest BCUT2D eigenvalue weighted by Gasteiger charge is -2.20. The third kappa shape index (κ3) is 47.5. The second kappa shape index (κ2) is 48.5. The fourth-order valence-corrected chi connectivity index (χ4v) is 7.76. The third-order valence-corrected chi connectivity index (χ3v) is 11.7. The normalized spacial score (nSPS) is 13.7. The lowest BCUT2D eigenvalue weighted by molar-refractivity contribution is -0.154. The highest BCUT2D eigenvalue weighted by Gasteiger charge is 2.25. The largest absolute Gasteiger partial charge is 0.472 e. The van der Waals surface area contributed by atoms with Gasteiger partial charge in [-0.25, -0.2) is 4.57 Å². The Morgan fingerprint density at radius 2 is 0.883 bits per heavy atom. The van der Waals surface area contributed by atoms with Gasteiger partial charge in [0.05, 0.1) is 19.8 Å². The van der Waals surface area contributed by atoms with Crippen molar-refractivity contribution in [3.63, 3.8) is 0 Å². The van der Waals surface area contributed by atoms with Crippen LogP contribution in [-0.2, 0) is 27.9 Å². The van der Waals surface area contributed by atoms with Gasteiger partial charge in [-0.15, -0.1) is 0 Å². The minimum atomic E-state index is -4.28. The highest BCUT2D eigenvalue weighted by molar-refractivity contribution is 7.47. The van der Waals surface area contributed by atoms with E-state index in [-0.39, 0.29) is 32.3 Å². The van der Waals surface area contributed by atoms with Gasteiger partial charge < -0.3 is 20.1 Å². The molecule has 9 heteroatoms. The lowest BCUT2D eigenvalue weighted by atomic mass is 10.0. The molecule has 0 radical (unpaired) electrons. The van der Waals surface area contributed by atoms with Gasteiger partial charge in [0.15, 0.2) is 0 Å². The maximum Gasteiger partial charge on any atom is 0.472 e. The van der Waals surface area contributed by atoms with Gasteiger partial charge in [0.2, 0.25) is 0 Å². The first-order valence-corrected chi connectivity index (χ1v) is 26.6. The van der Waals surface area contributed by atoms with E-state index in [1.165, 1.54) is 167 Å². The van der Waals surface area contributed by atoms with Crippen LogP contribution >= 0.6 is 7.82 Å². The molecule has 0 aromatic rings. The van der Waals surface area contributed by atoms with Crippen LogP contribution in [0.1, 0.15) is 232 Å². The molecule has 60 heavy (non-hydrogen) atoms. The van der Waals surface area contributed by atoms with E-state index in [0.29, 0.717) is 13.0 Å². The fourth-order valence-electron chi connectivity index (χ4n) is 7.00. The quantitative estimate of drug-likeness (QED) is 0.0269. The Morgan fingerprint density at radius 1 is 0.500 bits per heavy atom. The van der Waals surface area contributed by atoms with Crippen molar-refractivity contribution in [3.05, 3.63) is 48.6 Å². The summed E-state index contributed by atoms with van der Waals surface area (Å²) in [6.07, 6.45) is 58.5. The number of rotatable bonds is 48. The van der Waals surface area contributed by atoms with Crippen LogP contribution in [0.4, 0.5) is 0 Å². The summed E-state index contributed by atoms with van der Waals surface area (Å²) in [6.45, 7) is 4.90. The number of hydrogen-bond acceptors (Lipinski definition) is 7. The number of phosphoric ester groups is 1. The number of unbranched alkanes of at least 4 members (excludes halogenated alkanes) is 27.